The van der Waals surface area contributed by atoms with Gasteiger partial charge in [-0.1, -0.05) is 35.0 Å². The number of carbonyl (C=O) groups is 2. The van der Waals surface area contributed by atoms with Gasteiger partial charge in [0, 0.05) is 4.47 Å². The number of rotatable bonds is 8. The lowest BCUT2D eigenvalue weighted by atomic mass is 10.0. The molecule has 0 saturated heterocycles. The third-order valence-corrected chi connectivity index (χ3v) is 4.49. The minimum Gasteiger partial charge on any atom is -0.493 e. The molecule has 0 radical (unpaired) electrons. The van der Waals surface area contributed by atoms with Crippen molar-refractivity contribution in [1.29, 1.82) is 0 Å². The number of benzene rings is 2. The molecule has 2 aromatic rings. The van der Waals surface area contributed by atoms with Gasteiger partial charge in [0.2, 0.25) is 0 Å². The summed E-state index contributed by atoms with van der Waals surface area (Å²) in [5, 5.41) is 2.95. The van der Waals surface area contributed by atoms with Crippen LogP contribution >= 0.6 is 15.9 Å². The molecule has 1 amide bonds. The van der Waals surface area contributed by atoms with Crippen molar-refractivity contribution in [2.45, 2.75) is 19.4 Å². The van der Waals surface area contributed by atoms with E-state index in [4.69, 9.17) is 9.47 Å². The molecule has 2 rings (SSSR count). The van der Waals surface area contributed by atoms with Crippen molar-refractivity contribution in [3.63, 3.8) is 0 Å². The van der Waals surface area contributed by atoms with E-state index in [1.165, 1.54) is 20.3 Å². The lowest BCUT2D eigenvalue weighted by Gasteiger charge is -2.18. The minimum atomic E-state index is -0.474. The molecule has 1 N–H and O–H groups in total. The number of esters is 1. The monoisotopic (exact) mass is 435 g/mol. The van der Waals surface area contributed by atoms with Crippen LogP contribution in [0.25, 0.3) is 0 Å². The highest BCUT2D eigenvalue weighted by Crippen LogP contribution is 2.28. The summed E-state index contributed by atoms with van der Waals surface area (Å²) in [4.78, 5) is 23.9. The molecule has 7 heteroatoms. The molecule has 144 valence electrons. The van der Waals surface area contributed by atoms with E-state index in [0.29, 0.717) is 17.1 Å². The first-order valence-corrected chi connectivity index (χ1v) is 9.21. The Labute approximate surface area is 166 Å². The average molecular weight is 436 g/mol. The Balaban J connectivity index is 2.00. The van der Waals surface area contributed by atoms with E-state index in [-0.39, 0.29) is 18.6 Å². The Morgan fingerprint density at radius 3 is 2.37 bits per heavy atom. The minimum absolute atomic E-state index is 0.0993. The molecule has 27 heavy (non-hydrogen) atoms. The number of amides is 1. The highest BCUT2D eigenvalue weighted by molar-refractivity contribution is 9.10. The van der Waals surface area contributed by atoms with Gasteiger partial charge in [0.15, 0.2) is 18.1 Å². The highest BCUT2D eigenvalue weighted by Gasteiger charge is 2.15. The summed E-state index contributed by atoms with van der Waals surface area (Å²) in [5.74, 6) is 0.00406. The van der Waals surface area contributed by atoms with Crippen molar-refractivity contribution < 1.29 is 23.8 Å². The molecular weight excluding hydrogens is 414 g/mol. The number of nitrogens with one attached hydrogen (secondary N) is 1. The summed E-state index contributed by atoms with van der Waals surface area (Å²) >= 11 is 3.40. The third kappa shape index (κ3) is 5.72. The van der Waals surface area contributed by atoms with Crippen molar-refractivity contribution in [3.05, 3.63) is 58.1 Å². The molecule has 0 aromatic heterocycles. The maximum atomic E-state index is 12.3. The second-order valence-electron chi connectivity index (χ2n) is 5.73. The SMILES string of the molecule is CC[C@H](NC(=O)COc1ccc(C(=O)OC)cc1OC)c1ccc(Br)cc1. The third-order valence-electron chi connectivity index (χ3n) is 3.96. The van der Waals surface area contributed by atoms with Gasteiger partial charge in [-0.3, -0.25) is 4.79 Å². The van der Waals surface area contributed by atoms with Crippen LogP contribution in [0.2, 0.25) is 0 Å². The summed E-state index contributed by atoms with van der Waals surface area (Å²) in [6, 6.07) is 12.3. The Morgan fingerprint density at radius 2 is 1.78 bits per heavy atom. The van der Waals surface area contributed by atoms with Crippen LogP contribution in [-0.2, 0) is 9.53 Å². The highest BCUT2D eigenvalue weighted by atomic mass is 79.9. The van der Waals surface area contributed by atoms with Gasteiger partial charge in [0.05, 0.1) is 25.8 Å². The number of carbonyl (C=O) groups excluding carboxylic acids is 2. The summed E-state index contributed by atoms with van der Waals surface area (Å²) in [6.07, 6.45) is 0.754. The summed E-state index contributed by atoms with van der Waals surface area (Å²) in [6.45, 7) is 1.84. The van der Waals surface area contributed by atoms with Crippen molar-refractivity contribution in [1.82, 2.24) is 5.32 Å². The van der Waals surface area contributed by atoms with Gasteiger partial charge in [-0.25, -0.2) is 4.79 Å². The zero-order chi connectivity index (χ0) is 19.8. The van der Waals surface area contributed by atoms with Gasteiger partial charge < -0.3 is 19.5 Å². The molecule has 0 fully saturated rings. The molecule has 1 atom stereocenters. The molecule has 0 spiro atoms. The second kappa shape index (κ2) is 9.97. The van der Waals surface area contributed by atoms with Crippen LogP contribution in [0.15, 0.2) is 46.9 Å². The van der Waals surface area contributed by atoms with E-state index < -0.39 is 5.97 Å². The Hall–Kier alpha value is -2.54. The van der Waals surface area contributed by atoms with E-state index in [9.17, 15) is 9.59 Å². The molecular formula is C20H22BrNO5. The molecule has 0 unspecified atom stereocenters. The van der Waals surface area contributed by atoms with E-state index in [1.807, 2.05) is 31.2 Å². The Kier molecular flexibility index (Phi) is 7.67. The first kappa shape index (κ1) is 20.8. The zero-order valence-electron chi connectivity index (χ0n) is 15.5. The molecule has 0 heterocycles. The van der Waals surface area contributed by atoms with E-state index in [0.717, 1.165) is 16.5 Å². The van der Waals surface area contributed by atoms with Crippen molar-refractivity contribution >= 4 is 27.8 Å². The first-order chi connectivity index (χ1) is 13.0. The van der Waals surface area contributed by atoms with Crippen molar-refractivity contribution in [2.75, 3.05) is 20.8 Å². The normalized spacial score (nSPS) is 11.4. The second-order valence-corrected chi connectivity index (χ2v) is 6.64. The van der Waals surface area contributed by atoms with Gasteiger partial charge in [0.1, 0.15) is 0 Å². The smallest absolute Gasteiger partial charge is 0.337 e. The number of methoxy groups -OCH3 is 2. The standard InChI is InChI=1S/C20H22BrNO5/c1-4-16(13-5-8-15(21)9-6-13)22-19(23)12-27-17-10-7-14(20(24)26-3)11-18(17)25-2/h5-11,16H,4,12H2,1-3H3,(H,22,23)/t16-/m0/s1. The van der Waals surface area contributed by atoms with Crippen LogP contribution in [-0.4, -0.2) is 32.7 Å². The summed E-state index contributed by atoms with van der Waals surface area (Å²) in [7, 11) is 2.77. The van der Waals surface area contributed by atoms with Crippen LogP contribution in [0.1, 0.15) is 35.3 Å². The molecule has 0 aliphatic heterocycles. The van der Waals surface area contributed by atoms with Crippen molar-refractivity contribution in [2.24, 2.45) is 0 Å². The van der Waals surface area contributed by atoms with Gasteiger partial charge in [-0.2, -0.15) is 0 Å². The lowest BCUT2D eigenvalue weighted by Crippen LogP contribution is -2.32. The quantitative estimate of drug-likeness (QED) is 0.636. The topological polar surface area (TPSA) is 73.9 Å². The number of hydrogen-bond acceptors (Lipinski definition) is 5. The largest absolute Gasteiger partial charge is 0.493 e. The number of hydrogen-bond donors (Lipinski definition) is 1. The predicted molar refractivity (Wildman–Crippen MR) is 105 cm³/mol. The molecule has 0 aliphatic rings. The van der Waals surface area contributed by atoms with Crippen LogP contribution in [0, 0.1) is 0 Å². The van der Waals surface area contributed by atoms with Gasteiger partial charge in [0.25, 0.3) is 5.91 Å². The number of ether oxygens (including phenoxy) is 3. The van der Waals surface area contributed by atoms with E-state index >= 15 is 0 Å². The molecule has 0 bridgehead atoms. The lowest BCUT2D eigenvalue weighted by molar-refractivity contribution is -0.123. The maximum absolute atomic E-state index is 12.3. The van der Waals surface area contributed by atoms with E-state index in [1.54, 1.807) is 12.1 Å². The van der Waals surface area contributed by atoms with Crippen LogP contribution in [0.5, 0.6) is 11.5 Å². The summed E-state index contributed by atoms with van der Waals surface area (Å²) in [5.41, 5.74) is 1.36. The zero-order valence-corrected chi connectivity index (χ0v) is 17.0. The van der Waals surface area contributed by atoms with Crippen LogP contribution in [0.4, 0.5) is 0 Å². The van der Waals surface area contributed by atoms with Crippen LogP contribution < -0.4 is 14.8 Å². The fourth-order valence-corrected chi connectivity index (χ4v) is 2.79. The van der Waals surface area contributed by atoms with Gasteiger partial charge in [-0.05, 0) is 42.3 Å². The maximum Gasteiger partial charge on any atom is 0.337 e. The fraction of sp³-hybridized carbons (Fsp3) is 0.300. The predicted octanol–water partition coefficient (Wildman–Crippen LogP) is 3.89. The Bertz CT molecular complexity index is 791. The van der Waals surface area contributed by atoms with E-state index in [2.05, 4.69) is 26.0 Å². The first-order valence-electron chi connectivity index (χ1n) is 8.42. The number of halogens is 1. The van der Waals surface area contributed by atoms with Gasteiger partial charge in [-0.15, -0.1) is 0 Å². The molecule has 0 aliphatic carbocycles. The Morgan fingerprint density at radius 1 is 1.07 bits per heavy atom. The molecule has 2 aromatic carbocycles. The van der Waals surface area contributed by atoms with Crippen LogP contribution in [0.3, 0.4) is 0 Å². The average Bonchev–Trinajstić information content (AvgIpc) is 2.70. The summed E-state index contributed by atoms with van der Waals surface area (Å²) < 4.78 is 16.5. The molecule has 6 nitrogen and oxygen atoms in total. The van der Waals surface area contributed by atoms with Gasteiger partial charge >= 0.3 is 5.97 Å². The fourth-order valence-electron chi connectivity index (χ4n) is 2.53. The molecule has 0 saturated carbocycles. The van der Waals surface area contributed by atoms with Crippen molar-refractivity contribution in [3.8, 4) is 11.5 Å².